The highest BCUT2D eigenvalue weighted by molar-refractivity contribution is 5.94. The topological polar surface area (TPSA) is 81.6 Å². The van der Waals surface area contributed by atoms with Gasteiger partial charge in [0.1, 0.15) is 0 Å². The van der Waals surface area contributed by atoms with Crippen LogP contribution in [0.3, 0.4) is 0 Å². The van der Waals surface area contributed by atoms with E-state index in [1.165, 1.54) is 34.7 Å². The van der Waals surface area contributed by atoms with Crippen molar-refractivity contribution in [3.05, 3.63) is 83.4 Å². The Bertz CT molecular complexity index is 1100. The van der Waals surface area contributed by atoms with E-state index in [2.05, 4.69) is 60.0 Å². The maximum absolute atomic E-state index is 12.5. The van der Waals surface area contributed by atoms with Crippen LogP contribution in [0.2, 0.25) is 0 Å². The van der Waals surface area contributed by atoms with Crippen molar-refractivity contribution in [2.45, 2.75) is 63.1 Å². The first-order valence-electron chi connectivity index (χ1n) is 12.3. The van der Waals surface area contributed by atoms with E-state index < -0.39 is 5.54 Å². The van der Waals surface area contributed by atoms with Crippen LogP contribution in [0.25, 0.3) is 10.8 Å². The number of carbonyl (C=O) groups is 1. The van der Waals surface area contributed by atoms with E-state index in [0.717, 1.165) is 12.8 Å². The Labute approximate surface area is 202 Å². The van der Waals surface area contributed by atoms with Crippen LogP contribution in [0.4, 0.5) is 0 Å². The lowest BCUT2D eigenvalue weighted by Crippen LogP contribution is -2.51. The van der Waals surface area contributed by atoms with Gasteiger partial charge in [0.2, 0.25) is 0 Å². The van der Waals surface area contributed by atoms with Crippen LogP contribution in [-0.2, 0) is 0 Å². The van der Waals surface area contributed by atoms with Gasteiger partial charge in [-0.2, -0.15) is 0 Å². The lowest BCUT2D eigenvalue weighted by molar-refractivity contribution is 0.0724. The second-order valence-electron chi connectivity index (χ2n) is 9.97. The number of aliphatic hydroxyl groups is 2. The first-order valence-corrected chi connectivity index (χ1v) is 12.3. The van der Waals surface area contributed by atoms with Crippen LogP contribution in [0.15, 0.2) is 66.7 Å². The maximum Gasteiger partial charge on any atom is 0.251 e. The van der Waals surface area contributed by atoms with Crippen LogP contribution in [0.1, 0.15) is 73.0 Å². The van der Waals surface area contributed by atoms with Crippen molar-refractivity contribution in [2.24, 2.45) is 0 Å². The monoisotopic (exact) mass is 460 g/mol. The summed E-state index contributed by atoms with van der Waals surface area (Å²) in [5, 5.41) is 28.0. The summed E-state index contributed by atoms with van der Waals surface area (Å²) >= 11 is 0. The second-order valence-corrected chi connectivity index (χ2v) is 9.97. The minimum absolute atomic E-state index is 0.272. The molecule has 1 saturated carbocycles. The molecule has 4 N–H and O–H groups in total. The molecule has 3 aromatic rings. The molecule has 0 bridgehead atoms. The van der Waals surface area contributed by atoms with Crippen molar-refractivity contribution in [3.8, 4) is 0 Å². The highest BCUT2D eigenvalue weighted by Crippen LogP contribution is 2.34. The van der Waals surface area contributed by atoms with Crippen LogP contribution in [0.5, 0.6) is 0 Å². The highest BCUT2D eigenvalue weighted by atomic mass is 16.3. The van der Waals surface area contributed by atoms with Gasteiger partial charge in [-0.3, -0.25) is 4.79 Å². The van der Waals surface area contributed by atoms with Gasteiger partial charge in [-0.05, 0) is 73.1 Å². The Balaban J connectivity index is 1.40. The highest BCUT2D eigenvalue weighted by Gasteiger charge is 2.27. The molecule has 180 valence electrons. The smallest absolute Gasteiger partial charge is 0.251 e. The van der Waals surface area contributed by atoms with Crippen molar-refractivity contribution in [1.29, 1.82) is 0 Å². The van der Waals surface area contributed by atoms with Crippen LogP contribution in [-0.4, -0.2) is 40.9 Å². The number of carbonyl (C=O) groups excluding carboxylic acids is 1. The fraction of sp³-hybridized carbons (Fsp3) is 0.414. The first kappa shape index (κ1) is 24.4. The molecule has 5 heteroatoms. The lowest BCUT2D eigenvalue weighted by atomic mass is 9.80. The van der Waals surface area contributed by atoms with E-state index in [1.54, 1.807) is 6.92 Å². The molecule has 1 amide bonds. The number of benzene rings is 3. The molecule has 0 radical (unpaired) electrons. The van der Waals surface area contributed by atoms with Crippen LogP contribution >= 0.6 is 0 Å². The molecular formula is C29H36N2O3. The van der Waals surface area contributed by atoms with Gasteiger partial charge in [-0.25, -0.2) is 0 Å². The fourth-order valence-corrected chi connectivity index (χ4v) is 5.10. The molecule has 4 rings (SSSR count). The van der Waals surface area contributed by atoms with Gasteiger partial charge in [-0.15, -0.1) is 0 Å². The first-order chi connectivity index (χ1) is 16.4. The van der Waals surface area contributed by atoms with Crippen molar-refractivity contribution < 1.29 is 15.0 Å². The molecular weight excluding hydrogens is 424 g/mol. The number of hydrogen-bond donors (Lipinski definition) is 4. The standard InChI is InChI=1S/C29H36N2O3/c1-20(26-12-6-8-22-7-3-4-11-27(22)26)30-25-10-5-9-24(17-25)21-13-15-23(16-14-21)28(34)31-29(2,18-32)19-33/h3-4,6-8,11-16,20,24-25,30,32-33H,5,9-10,17-19H2,1-2H3,(H,31,34)/t20-,24?,25?/m1/s1. The molecule has 3 atom stereocenters. The molecule has 0 heterocycles. The van der Waals surface area contributed by atoms with Gasteiger partial charge in [-0.1, -0.05) is 61.0 Å². The van der Waals surface area contributed by atoms with Crippen molar-refractivity contribution in [2.75, 3.05) is 13.2 Å². The van der Waals surface area contributed by atoms with E-state index in [1.807, 2.05) is 24.3 Å². The molecule has 0 aromatic heterocycles. The molecule has 5 nitrogen and oxygen atoms in total. The third-order valence-corrected chi connectivity index (χ3v) is 7.21. The fourth-order valence-electron chi connectivity index (χ4n) is 5.10. The Kier molecular flexibility index (Phi) is 7.67. The lowest BCUT2D eigenvalue weighted by Gasteiger charge is -2.33. The average molecular weight is 461 g/mol. The largest absolute Gasteiger partial charge is 0.394 e. The Hall–Kier alpha value is -2.73. The summed E-state index contributed by atoms with van der Waals surface area (Å²) in [6.45, 7) is 3.24. The molecule has 0 aliphatic heterocycles. The summed E-state index contributed by atoms with van der Waals surface area (Å²) in [6, 6.07) is 23.6. The van der Waals surface area contributed by atoms with Gasteiger partial charge >= 0.3 is 0 Å². The Morgan fingerprint density at radius 2 is 1.71 bits per heavy atom. The number of amides is 1. The molecule has 1 fully saturated rings. The number of fused-ring (bicyclic) bond motifs is 1. The minimum Gasteiger partial charge on any atom is -0.394 e. The molecule has 34 heavy (non-hydrogen) atoms. The summed E-state index contributed by atoms with van der Waals surface area (Å²) < 4.78 is 0. The zero-order valence-corrected chi connectivity index (χ0v) is 20.1. The third-order valence-electron chi connectivity index (χ3n) is 7.21. The summed E-state index contributed by atoms with van der Waals surface area (Å²) in [4.78, 5) is 12.5. The van der Waals surface area contributed by atoms with Gasteiger partial charge in [0, 0.05) is 17.6 Å². The molecule has 1 aliphatic rings. The number of aliphatic hydroxyl groups excluding tert-OH is 2. The number of nitrogens with one attached hydrogen (secondary N) is 2. The maximum atomic E-state index is 12.5. The molecule has 0 spiro atoms. The van der Waals surface area contributed by atoms with E-state index in [9.17, 15) is 15.0 Å². The van der Waals surface area contributed by atoms with Crippen molar-refractivity contribution in [1.82, 2.24) is 10.6 Å². The van der Waals surface area contributed by atoms with E-state index in [4.69, 9.17) is 0 Å². The zero-order chi connectivity index (χ0) is 24.1. The molecule has 3 aromatic carbocycles. The number of hydrogen-bond acceptors (Lipinski definition) is 4. The number of rotatable bonds is 8. The quantitative estimate of drug-likeness (QED) is 0.393. The Morgan fingerprint density at radius 1 is 1.00 bits per heavy atom. The SMILES string of the molecule is C[C@@H](NC1CCCC(c2ccc(C(=O)NC(C)(CO)CO)cc2)C1)c1cccc2ccccc12. The Morgan fingerprint density at radius 3 is 2.44 bits per heavy atom. The predicted octanol–water partition coefficient (Wildman–Crippen LogP) is 4.69. The van der Waals surface area contributed by atoms with Gasteiger partial charge in [0.25, 0.3) is 5.91 Å². The van der Waals surface area contributed by atoms with Crippen LogP contribution < -0.4 is 10.6 Å². The van der Waals surface area contributed by atoms with E-state index in [-0.39, 0.29) is 25.2 Å². The average Bonchev–Trinajstić information content (AvgIpc) is 2.88. The summed E-state index contributed by atoms with van der Waals surface area (Å²) in [5.41, 5.74) is 2.10. The van der Waals surface area contributed by atoms with E-state index in [0.29, 0.717) is 17.5 Å². The van der Waals surface area contributed by atoms with Gasteiger partial charge < -0.3 is 20.8 Å². The van der Waals surface area contributed by atoms with Crippen LogP contribution in [0, 0.1) is 0 Å². The van der Waals surface area contributed by atoms with Crippen molar-refractivity contribution in [3.63, 3.8) is 0 Å². The summed E-state index contributed by atoms with van der Waals surface area (Å²) in [7, 11) is 0. The van der Waals surface area contributed by atoms with Crippen molar-refractivity contribution >= 4 is 16.7 Å². The summed E-state index contributed by atoms with van der Waals surface area (Å²) in [6.07, 6.45) is 4.58. The summed E-state index contributed by atoms with van der Waals surface area (Å²) in [5.74, 6) is 0.174. The molecule has 2 unspecified atom stereocenters. The van der Waals surface area contributed by atoms with E-state index >= 15 is 0 Å². The second kappa shape index (κ2) is 10.7. The molecule has 1 aliphatic carbocycles. The minimum atomic E-state index is -1.03. The van der Waals surface area contributed by atoms with Gasteiger partial charge in [0.15, 0.2) is 0 Å². The van der Waals surface area contributed by atoms with Gasteiger partial charge in [0.05, 0.1) is 18.8 Å². The predicted molar refractivity (Wildman–Crippen MR) is 137 cm³/mol. The molecule has 0 saturated heterocycles. The zero-order valence-electron chi connectivity index (χ0n) is 20.1. The normalized spacial score (nSPS) is 19.6. The third kappa shape index (κ3) is 5.49.